The van der Waals surface area contributed by atoms with Gasteiger partial charge in [-0.05, 0) is 0 Å². The maximum atomic E-state index is 12.5. The molecule has 0 bridgehead atoms. The highest BCUT2D eigenvalue weighted by atomic mass is 16.5. The number of carbonyl (C=O) groups excluding carboxylic acids is 1. The molecule has 0 spiro atoms. The zero-order chi connectivity index (χ0) is 17.6. The van der Waals surface area contributed by atoms with Gasteiger partial charge in [0.1, 0.15) is 5.82 Å². The summed E-state index contributed by atoms with van der Waals surface area (Å²) >= 11 is 0. The topological polar surface area (TPSA) is 76.4 Å². The minimum absolute atomic E-state index is 0.182. The van der Waals surface area contributed by atoms with Crippen molar-refractivity contribution in [2.45, 2.75) is 26.3 Å². The van der Waals surface area contributed by atoms with E-state index in [1.807, 2.05) is 11.1 Å². The number of nitrogens with zero attached hydrogens (tertiary/aromatic N) is 6. The van der Waals surface area contributed by atoms with Crippen molar-refractivity contribution < 1.29 is 9.53 Å². The van der Waals surface area contributed by atoms with Crippen LogP contribution in [0.15, 0.2) is 24.7 Å². The lowest BCUT2D eigenvalue weighted by Crippen LogP contribution is -2.49. The van der Waals surface area contributed by atoms with Gasteiger partial charge in [-0.3, -0.25) is 4.79 Å². The molecule has 8 nitrogen and oxygen atoms in total. The van der Waals surface area contributed by atoms with Crippen molar-refractivity contribution in [3.05, 3.63) is 30.5 Å². The Morgan fingerprint density at radius 1 is 1.20 bits per heavy atom. The zero-order valence-corrected chi connectivity index (χ0v) is 14.8. The first-order valence-electron chi connectivity index (χ1n) is 8.61. The number of hydrogen-bond donors (Lipinski definition) is 0. The molecule has 2 aromatic heterocycles. The molecule has 1 saturated heterocycles. The summed E-state index contributed by atoms with van der Waals surface area (Å²) in [5, 5.41) is 0. The molecule has 3 rings (SSSR count). The molecule has 0 radical (unpaired) electrons. The van der Waals surface area contributed by atoms with Crippen LogP contribution in [0.5, 0.6) is 5.88 Å². The van der Waals surface area contributed by atoms with E-state index in [2.05, 4.69) is 31.3 Å². The molecule has 134 valence electrons. The standard InChI is InChI=1S/C17H24N6O2/c1-3-14-18-7-9-21(14)8-5-16(24)22-10-12-23(13-11-22)17-19-6-4-15(20-17)25-2/h4,6-7,9H,3,5,8,10-13H2,1-2H3. The fourth-order valence-electron chi connectivity index (χ4n) is 2.99. The van der Waals surface area contributed by atoms with Gasteiger partial charge in [0.2, 0.25) is 17.7 Å². The Morgan fingerprint density at radius 3 is 2.72 bits per heavy atom. The number of ether oxygens (including phenoxy) is 1. The van der Waals surface area contributed by atoms with E-state index < -0.39 is 0 Å². The maximum absolute atomic E-state index is 12.5. The van der Waals surface area contributed by atoms with Gasteiger partial charge in [-0.1, -0.05) is 6.92 Å². The molecular weight excluding hydrogens is 320 g/mol. The van der Waals surface area contributed by atoms with E-state index >= 15 is 0 Å². The van der Waals surface area contributed by atoms with Gasteiger partial charge in [0.15, 0.2) is 0 Å². The van der Waals surface area contributed by atoms with Crippen LogP contribution >= 0.6 is 0 Å². The molecule has 1 aliphatic rings. The van der Waals surface area contributed by atoms with E-state index in [1.165, 1.54) is 0 Å². The van der Waals surface area contributed by atoms with E-state index in [0.717, 1.165) is 25.3 Å². The number of aromatic nitrogens is 4. The Morgan fingerprint density at radius 2 is 2.00 bits per heavy atom. The Kier molecular flexibility index (Phi) is 5.47. The van der Waals surface area contributed by atoms with Crippen molar-refractivity contribution in [1.82, 2.24) is 24.4 Å². The van der Waals surface area contributed by atoms with Crippen LogP contribution in [-0.4, -0.2) is 63.6 Å². The van der Waals surface area contributed by atoms with Gasteiger partial charge in [-0.15, -0.1) is 0 Å². The summed E-state index contributed by atoms with van der Waals surface area (Å²) in [6, 6.07) is 1.73. The lowest BCUT2D eigenvalue weighted by Gasteiger charge is -2.34. The van der Waals surface area contributed by atoms with E-state index in [0.29, 0.717) is 37.9 Å². The van der Waals surface area contributed by atoms with E-state index in [-0.39, 0.29) is 5.91 Å². The molecule has 8 heteroatoms. The summed E-state index contributed by atoms with van der Waals surface area (Å²) in [5.41, 5.74) is 0. The van der Waals surface area contributed by atoms with Crippen molar-refractivity contribution in [2.75, 3.05) is 38.2 Å². The Bertz CT molecular complexity index is 709. The SMILES string of the molecule is CCc1nccn1CCC(=O)N1CCN(c2nccc(OC)n2)CC1. The van der Waals surface area contributed by atoms with Crippen molar-refractivity contribution in [3.8, 4) is 5.88 Å². The molecule has 3 heterocycles. The minimum atomic E-state index is 0.182. The Balaban J connectivity index is 1.50. The molecule has 0 N–H and O–H groups in total. The molecule has 1 amide bonds. The fourth-order valence-corrected chi connectivity index (χ4v) is 2.99. The normalized spacial score (nSPS) is 14.6. The highest BCUT2D eigenvalue weighted by Crippen LogP contribution is 2.15. The summed E-state index contributed by atoms with van der Waals surface area (Å²) in [5.74, 6) is 2.41. The smallest absolute Gasteiger partial charge is 0.228 e. The number of anilines is 1. The molecule has 25 heavy (non-hydrogen) atoms. The Hall–Kier alpha value is -2.64. The highest BCUT2D eigenvalue weighted by molar-refractivity contribution is 5.76. The van der Waals surface area contributed by atoms with Crippen molar-refractivity contribution in [3.63, 3.8) is 0 Å². The van der Waals surface area contributed by atoms with E-state index in [9.17, 15) is 4.79 Å². The minimum Gasteiger partial charge on any atom is -0.481 e. The number of methoxy groups -OCH3 is 1. The number of hydrogen-bond acceptors (Lipinski definition) is 6. The molecule has 0 aliphatic carbocycles. The number of rotatable bonds is 6. The second kappa shape index (κ2) is 7.96. The average Bonchev–Trinajstić information content (AvgIpc) is 3.14. The molecule has 0 aromatic carbocycles. The summed E-state index contributed by atoms with van der Waals surface area (Å²) in [7, 11) is 1.59. The number of amides is 1. The first kappa shape index (κ1) is 17.2. The first-order valence-corrected chi connectivity index (χ1v) is 8.61. The second-order valence-corrected chi connectivity index (χ2v) is 5.91. The summed E-state index contributed by atoms with van der Waals surface area (Å²) < 4.78 is 7.20. The predicted octanol–water partition coefficient (Wildman–Crippen LogP) is 0.983. The third-order valence-corrected chi connectivity index (χ3v) is 4.43. The van der Waals surface area contributed by atoms with Crippen LogP contribution in [0.4, 0.5) is 5.95 Å². The predicted molar refractivity (Wildman–Crippen MR) is 93.6 cm³/mol. The summed E-state index contributed by atoms with van der Waals surface area (Å²) in [4.78, 5) is 29.4. The summed E-state index contributed by atoms with van der Waals surface area (Å²) in [6.45, 7) is 5.57. The van der Waals surface area contributed by atoms with Crippen LogP contribution in [0.1, 0.15) is 19.2 Å². The number of imidazole rings is 1. The quantitative estimate of drug-likeness (QED) is 0.778. The van der Waals surface area contributed by atoms with Crippen LogP contribution < -0.4 is 9.64 Å². The average molecular weight is 344 g/mol. The lowest BCUT2D eigenvalue weighted by molar-refractivity contribution is -0.131. The molecule has 0 atom stereocenters. The number of piperazine rings is 1. The molecular formula is C17H24N6O2. The van der Waals surface area contributed by atoms with Crippen molar-refractivity contribution in [1.29, 1.82) is 0 Å². The molecule has 0 unspecified atom stereocenters. The number of carbonyl (C=O) groups is 1. The summed E-state index contributed by atoms with van der Waals surface area (Å²) in [6.07, 6.45) is 6.79. The van der Waals surface area contributed by atoms with Gasteiger partial charge in [-0.25, -0.2) is 9.97 Å². The van der Waals surface area contributed by atoms with Gasteiger partial charge in [0.05, 0.1) is 7.11 Å². The fraction of sp³-hybridized carbons (Fsp3) is 0.529. The molecule has 1 aliphatic heterocycles. The van der Waals surface area contributed by atoms with E-state index in [4.69, 9.17) is 4.74 Å². The third-order valence-electron chi connectivity index (χ3n) is 4.43. The third kappa shape index (κ3) is 4.07. The first-order chi connectivity index (χ1) is 12.2. The van der Waals surface area contributed by atoms with Gasteiger partial charge >= 0.3 is 0 Å². The number of aryl methyl sites for hydroxylation is 2. The van der Waals surface area contributed by atoms with Crippen LogP contribution in [0.25, 0.3) is 0 Å². The zero-order valence-electron chi connectivity index (χ0n) is 14.8. The molecule has 0 saturated carbocycles. The Labute approximate surface area is 147 Å². The van der Waals surface area contributed by atoms with Crippen molar-refractivity contribution >= 4 is 11.9 Å². The van der Waals surface area contributed by atoms with Crippen LogP contribution in [0.3, 0.4) is 0 Å². The molecule has 2 aromatic rings. The second-order valence-electron chi connectivity index (χ2n) is 5.91. The van der Waals surface area contributed by atoms with Crippen molar-refractivity contribution in [2.24, 2.45) is 0 Å². The largest absolute Gasteiger partial charge is 0.481 e. The monoisotopic (exact) mass is 344 g/mol. The van der Waals surface area contributed by atoms with Crippen LogP contribution in [-0.2, 0) is 17.8 Å². The maximum Gasteiger partial charge on any atom is 0.228 e. The van der Waals surface area contributed by atoms with Gasteiger partial charge < -0.3 is 19.1 Å². The van der Waals surface area contributed by atoms with Crippen LogP contribution in [0, 0.1) is 0 Å². The highest BCUT2D eigenvalue weighted by Gasteiger charge is 2.22. The van der Waals surface area contributed by atoms with Gasteiger partial charge in [0.25, 0.3) is 0 Å². The van der Waals surface area contributed by atoms with E-state index in [1.54, 1.807) is 25.6 Å². The van der Waals surface area contributed by atoms with Gasteiger partial charge in [0, 0.05) is 70.2 Å². The molecule has 1 fully saturated rings. The van der Waals surface area contributed by atoms with Crippen LogP contribution in [0.2, 0.25) is 0 Å². The lowest BCUT2D eigenvalue weighted by atomic mass is 10.2. The van der Waals surface area contributed by atoms with Gasteiger partial charge in [-0.2, -0.15) is 4.98 Å².